The summed E-state index contributed by atoms with van der Waals surface area (Å²) in [6.45, 7) is 0. The quantitative estimate of drug-likeness (QED) is 0.691. The first-order valence-corrected chi connectivity index (χ1v) is 5.23. The van der Waals surface area contributed by atoms with E-state index in [-0.39, 0.29) is 0 Å². The normalized spacial score (nSPS) is 24.0. The predicted octanol–water partition coefficient (Wildman–Crippen LogP) is 1.67. The minimum absolute atomic E-state index is 0.542. The molecule has 2 saturated carbocycles. The molecule has 3 rings (SSSR count). The molecule has 0 aliphatic heterocycles. The molecular weight excluding hydrogens is 164 g/mol. The average molecular weight is 178 g/mol. The monoisotopic (exact) mass is 178 g/mol. The Hall–Kier alpha value is -0.930. The number of hydrogen-bond acceptors (Lipinski definition) is 3. The number of nitrogens with zero attached hydrogens (tertiary/aromatic N) is 4. The molecule has 0 saturated heterocycles. The van der Waals surface area contributed by atoms with Gasteiger partial charge in [0.05, 0.1) is 6.04 Å². The number of tetrazole rings is 1. The molecule has 0 aromatic carbocycles. The van der Waals surface area contributed by atoms with Gasteiger partial charge in [-0.15, -0.1) is 10.2 Å². The number of rotatable bonds is 2. The van der Waals surface area contributed by atoms with Crippen LogP contribution in [0.5, 0.6) is 0 Å². The van der Waals surface area contributed by atoms with Gasteiger partial charge in [0.25, 0.3) is 0 Å². The van der Waals surface area contributed by atoms with Crippen LogP contribution in [-0.2, 0) is 0 Å². The van der Waals surface area contributed by atoms with E-state index in [2.05, 4.69) is 15.4 Å². The van der Waals surface area contributed by atoms with E-state index in [1.54, 1.807) is 0 Å². The summed E-state index contributed by atoms with van der Waals surface area (Å²) in [7, 11) is 0. The van der Waals surface area contributed by atoms with Crippen molar-refractivity contribution in [3.63, 3.8) is 0 Å². The maximum absolute atomic E-state index is 4.45. The lowest BCUT2D eigenvalue weighted by Gasteiger charge is -2.04. The van der Waals surface area contributed by atoms with E-state index in [0.717, 1.165) is 5.82 Å². The highest BCUT2D eigenvalue weighted by Crippen LogP contribution is 2.38. The summed E-state index contributed by atoms with van der Waals surface area (Å²) >= 11 is 0. The molecule has 0 unspecified atom stereocenters. The summed E-state index contributed by atoms with van der Waals surface area (Å²) in [6.07, 6.45) is 7.64. The van der Waals surface area contributed by atoms with Crippen LogP contribution in [0.2, 0.25) is 0 Å². The Bertz CT molecular complexity index is 296. The molecule has 13 heavy (non-hydrogen) atoms. The lowest BCUT2D eigenvalue weighted by molar-refractivity contribution is 0.403. The highest BCUT2D eigenvalue weighted by molar-refractivity contribution is 5.00. The van der Waals surface area contributed by atoms with Gasteiger partial charge in [-0.1, -0.05) is 12.8 Å². The summed E-state index contributed by atoms with van der Waals surface area (Å²) in [4.78, 5) is 1.85. The molecule has 1 aromatic rings. The molecule has 4 nitrogen and oxygen atoms in total. The molecule has 4 heteroatoms. The molecular formula is C9H14N4. The van der Waals surface area contributed by atoms with E-state index < -0.39 is 0 Å². The van der Waals surface area contributed by atoms with Crippen LogP contribution in [0.25, 0.3) is 0 Å². The van der Waals surface area contributed by atoms with E-state index in [9.17, 15) is 0 Å². The largest absolute Gasteiger partial charge is 0.177 e. The van der Waals surface area contributed by atoms with Crippen molar-refractivity contribution in [2.75, 3.05) is 0 Å². The Morgan fingerprint density at radius 3 is 2.54 bits per heavy atom. The molecule has 2 aliphatic carbocycles. The Morgan fingerprint density at radius 2 is 1.85 bits per heavy atom. The van der Waals surface area contributed by atoms with Gasteiger partial charge in [0.1, 0.15) is 0 Å². The zero-order chi connectivity index (χ0) is 8.67. The number of aromatic nitrogens is 4. The van der Waals surface area contributed by atoms with Crippen LogP contribution >= 0.6 is 0 Å². The fourth-order valence-electron chi connectivity index (χ4n) is 2.03. The lowest BCUT2D eigenvalue weighted by Crippen LogP contribution is -2.08. The van der Waals surface area contributed by atoms with Gasteiger partial charge in [-0.3, -0.25) is 0 Å². The molecule has 0 amide bonds. The first-order valence-electron chi connectivity index (χ1n) is 5.23. The van der Waals surface area contributed by atoms with Gasteiger partial charge in [0.2, 0.25) is 0 Å². The third-order valence-corrected chi connectivity index (χ3v) is 3.04. The van der Waals surface area contributed by atoms with Gasteiger partial charge in [0.15, 0.2) is 5.82 Å². The highest BCUT2D eigenvalue weighted by atomic mass is 15.6. The van der Waals surface area contributed by atoms with Crippen LogP contribution in [0.3, 0.4) is 0 Å². The summed E-state index contributed by atoms with van der Waals surface area (Å²) in [5, 5.41) is 12.7. The van der Waals surface area contributed by atoms with E-state index in [4.69, 9.17) is 0 Å². The zero-order valence-corrected chi connectivity index (χ0v) is 7.69. The van der Waals surface area contributed by atoms with Crippen LogP contribution in [0.4, 0.5) is 0 Å². The van der Waals surface area contributed by atoms with E-state index >= 15 is 0 Å². The molecule has 2 aliphatic rings. The van der Waals surface area contributed by atoms with Crippen molar-refractivity contribution in [1.29, 1.82) is 0 Å². The summed E-state index contributed by atoms with van der Waals surface area (Å²) < 4.78 is 0. The highest BCUT2D eigenvalue weighted by Gasteiger charge is 2.29. The smallest absolute Gasteiger partial charge is 0.161 e. The van der Waals surface area contributed by atoms with Gasteiger partial charge in [0, 0.05) is 5.92 Å². The van der Waals surface area contributed by atoms with E-state index in [1.165, 1.54) is 38.5 Å². The standard InChI is InChI=1S/C9H14N4/c1-2-4-8(3-1)13-11-9(10-12-13)7-5-6-7/h7-8H,1-6H2. The fraction of sp³-hybridized carbons (Fsp3) is 0.889. The van der Waals surface area contributed by atoms with Crippen molar-refractivity contribution in [3.8, 4) is 0 Å². The van der Waals surface area contributed by atoms with Gasteiger partial charge >= 0.3 is 0 Å². The molecule has 0 bridgehead atoms. The minimum Gasteiger partial charge on any atom is -0.161 e. The van der Waals surface area contributed by atoms with Crippen molar-refractivity contribution >= 4 is 0 Å². The van der Waals surface area contributed by atoms with Gasteiger partial charge in [-0.25, -0.2) is 0 Å². The maximum atomic E-state index is 4.45. The van der Waals surface area contributed by atoms with Crippen molar-refractivity contribution in [2.45, 2.75) is 50.5 Å². The van der Waals surface area contributed by atoms with Crippen LogP contribution in [0, 0.1) is 0 Å². The molecule has 0 atom stereocenters. The average Bonchev–Trinajstić information content (AvgIpc) is 2.72. The third kappa shape index (κ3) is 1.34. The molecule has 1 heterocycles. The fourth-order valence-corrected chi connectivity index (χ4v) is 2.03. The summed E-state index contributed by atoms with van der Waals surface area (Å²) in [5.74, 6) is 1.61. The second-order valence-electron chi connectivity index (χ2n) is 4.18. The second kappa shape index (κ2) is 2.79. The van der Waals surface area contributed by atoms with Crippen molar-refractivity contribution in [1.82, 2.24) is 20.2 Å². The Balaban J connectivity index is 1.79. The van der Waals surface area contributed by atoms with Crippen molar-refractivity contribution < 1.29 is 0 Å². The Labute approximate surface area is 77.3 Å². The van der Waals surface area contributed by atoms with Crippen molar-refractivity contribution in [3.05, 3.63) is 5.82 Å². The number of hydrogen-bond donors (Lipinski definition) is 0. The molecule has 0 radical (unpaired) electrons. The zero-order valence-electron chi connectivity index (χ0n) is 7.69. The van der Waals surface area contributed by atoms with Crippen molar-refractivity contribution in [2.24, 2.45) is 0 Å². The maximum Gasteiger partial charge on any atom is 0.177 e. The Kier molecular flexibility index (Phi) is 1.60. The van der Waals surface area contributed by atoms with Gasteiger partial charge in [-0.2, -0.15) is 4.80 Å². The third-order valence-electron chi connectivity index (χ3n) is 3.04. The topological polar surface area (TPSA) is 43.6 Å². The van der Waals surface area contributed by atoms with Crippen LogP contribution in [0.1, 0.15) is 56.3 Å². The van der Waals surface area contributed by atoms with E-state index in [1.807, 2.05) is 4.80 Å². The van der Waals surface area contributed by atoms with E-state index in [0.29, 0.717) is 12.0 Å². The summed E-state index contributed by atoms with van der Waals surface area (Å²) in [6, 6.07) is 0.542. The molecule has 70 valence electrons. The summed E-state index contributed by atoms with van der Waals surface area (Å²) in [5.41, 5.74) is 0. The van der Waals surface area contributed by atoms with Gasteiger partial charge < -0.3 is 0 Å². The first-order chi connectivity index (χ1) is 6.43. The lowest BCUT2D eigenvalue weighted by atomic mass is 10.3. The SMILES string of the molecule is C1CCC(n2nnc(C3CC3)n2)C1. The Morgan fingerprint density at radius 1 is 1.08 bits per heavy atom. The molecule has 1 aromatic heterocycles. The van der Waals surface area contributed by atoms with Crippen LogP contribution in [0.15, 0.2) is 0 Å². The molecule has 2 fully saturated rings. The second-order valence-corrected chi connectivity index (χ2v) is 4.18. The minimum atomic E-state index is 0.542. The van der Waals surface area contributed by atoms with Crippen LogP contribution in [-0.4, -0.2) is 20.2 Å². The predicted molar refractivity (Wildman–Crippen MR) is 47.3 cm³/mol. The van der Waals surface area contributed by atoms with Crippen LogP contribution < -0.4 is 0 Å². The molecule has 0 spiro atoms. The first kappa shape index (κ1) is 7.47. The molecule has 0 N–H and O–H groups in total. The van der Waals surface area contributed by atoms with Gasteiger partial charge in [-0.05, 0) is 30.9 Å².